The molecule has 2 rings (SSSR count). The maximum absolute atomic E-state index is 12.5. The monoisotopic (exact) mass is 303 g/mol. The molecule has 1 aromatic rings. The third-order valence-corrected chi connectivity index (χ3v) is 6.48. The largest absolute Gasteiger partial charge is 0.313 e. The lowest BCUT2D eigenvalue weighted by Crippen LogP contribution is -2.47. The Hall–Kier alpha value is -0.500. The van der Waals surface area contributed by atoms with E-state index < -0.39 is 10.0 Å². The Balaban J connectivity index is 2.08. The second kappa shape index (κ2) is 6.30. The van der Waals surface area contributed by atoms with Gasteiger partial charge in [0.1, 0.15) is 0 Å². The summed E-state index contributed by atoms with van der Waals surface area (Å²) in [5.41, 5.74) is 0. The van der Waals surface area contributed by atoms with Crippen LogP contribution in [0.4, 0.5) is 0 Å². The van der Waals surface area contributed by atoms with Crippen LogP contribution in [0.2, 0.25) is 0 Å². The predicted molar refractivity (Wildman–Crippen MR) is 76.9 cm³/mol. The molecule has 0 saturated carbocycles. The number of aromatic nitrogens is 1. The first-order chi connectivity index (χ1) is 9.04. The molecule has 1 aromatic heterocycles. The summed E-state index contributed by atoms with van der Waals surface area (Å²) in [6.07, 6.45) is 4.50. The fourth-order valence-corrected chi connectivity index (χ4v) is 5.05. The van der Waals surface area contributed by atoms with Crippen molar-refractivity contribution in [1.82, 2.24) is 14.6 Å². The lowest BCUT2D eigenvalue weighted by molar-refractivity contribution is 0.284. The number of hydrogen-bond donors (Lipinski definition) is 1. The van der Waals surface area contributed by atoms with Crippen molar-refractivity contribution in [1.29, 1.82) is 0 Å². The normalized spacial score (nSPS) is 21.7. The summed E-state index contributed by atoms with van der Waals surface area (Å²) in [5.74, 6) is 0. The highest BCUT2D eigenvalue weighted by Crippen LogP contribution is 2.25. The van der Waals surface area contributed by atoms with Crippen LogP contribution >= 0.6 is 11.3 Å². The molecule has 1 atom stereocenters. The molecule has 2 heterocycles. The zero-order valence-electron chi connectivity index (χ0n) is 11.4. The van der Waals surface area contributed by atoms with E-state index in [1.165, 1.54) is 17.5 Å². The molecule has 1 fully saturated rings. The molecule has 0 aromatic carbocycles. The molecule has 0 radical (unpaired) electrons. The Morgan fingerprint density at radius 3 is 3.00 bits per heavy atom. The summed E-state index contributed by atoms with van der Waals surface area (Å²) in [4.78, 5) is 4.04. The average Bonchev–Trinajstić information content (AvgIpc) is 2.84. The van der Waals surface area contributed by atoms with E-state index in [1.54, 1.807) is 4.31 Å². The summed E-state index contributed by atoms with van der Waals surface area (Å²) in [5, 5.41) is 4.20. The zero-order valence-corrected chi connectivity index (χ0v) is 13.1. The van der Waals surface area contributed by atoms with Gasteiger partial charge in [0.15, 0.2) is 4.21 Å². The summed E-state index contributed by atoms with van der Waals surface area (Å²) in [6, 6.07) is 0.275. The van der Waals surface area contributed by atoms with Crippen LogP contribution < -0.4 is 5.32 Å². The van der Waals surface area contributed by atoms with Gasteiger partial charge in [-0.05, 0) is 32.7 Å². The number of thiazole rings is 1. The van der Waals surface area contributed by atoms with Crippen molar-refractivity contribution in [3.05, 3.63) is 11.2 Å². The predicted octanol–water partition coefficient (Wildman–Crippen LogP) is 1.60. The minimum Gasteiger partial charge on any atom is -0.313 e. The van der Waals surface area contributed by atoms with E-state index in [9.17, 15) is 8.42 Å². The number of nitrogens with zero attached hydrogens (tertiary/aromatic N) is 2. The van der Waals surface area contributed by atoms with E-state index >= 15 is 0 Å². The third kappa shape index (κ3) is 3.53. The second-order valence-corrected chi connectivity index (χ2v) is 8.25. The van der Waals surface area contributed by atoms with Gasteiger partial charge in [-0.1, -0.05) is 6.92 Å². The molecule has 5 nitrogen and oxygen atoms in total. The van der Waals surface area contributed by atoms with Gasteiger partial charge in [0.05, 0.1) is 11.2 Å². The fourth-order valence-electron chi connectivity index (χ4n) is 2.26. The van der Waals surface area contributed by atoms with Crippen LogP contribution in [0.25, 0.3) is 0 Å². The van der Waals surface area contributed by atoms with Crippen molar-refractivity contribution in [2.45, 2.75) is 43.4 Å². The van der Waals surface area contributed by atoms with E-state index in [-0.39, 0.29) is 6.04 Å². The molecule has 1 N–H and O–H groups in total. The van der Waals surface area contributed by atoms with Crippen LogP contribution in [-0.2, 0) is 10.0 Å². The maximum atomic E-state index is 12.5. The van der Waals surface area contributed by atoms with E-state index in [2.05, 4.69) is 17.2 Å². The second-order valence-electron chi connectivity index (χ2n) is 4.85. The zero-order chi connectivity index (χ0) is 13.9. The summed E-state index contributed by atoms with van der Waals surface area (Å²) in [6.45, 7) is 6.07. The Labute approximate surface area is 119 Å². The summed E-state index contributed by atoms with van der Waals surface area (Å²) in [7, 11) is -3.35. The molecule has 1 aliphatic rings. The number of nitrogens with one attached hydrogen (secondary N) is 1. The summed E-state index contributed by atoms with van der Waals surface area (Å²) < 4.78 is 26.9. The minimum atomic E-state index is -3.35. The lowest BCUT2D eigenvalue weighted by atomic mass is 10.1. The van der Waals surface area contributed by atoms with E-state index in [4.69, 9.17) is 0 Å². The van der Waals surface area contributed by atoms with E-state index in [0.29, 0.717) is 17.3 Å². The SMILES string of the molecule is CCCNC1CCCN(S(=O)(=O)c2cnc(C)s2)C1. The van der Waals surface area contributed by atoms with Crippen molar-refractivity contribution < 1.29 is 8.42 Å². The van der Waals surface area contributed by atoms with Crippen molar-refractivity contribution >= 4 is 21.4 Å². The molecule has 0 aliphatic carbocycles. The Kier molecular flexibility index (Phi) is 4.94. The molecule has 1 saturated heterocycles. The Bertz CT molecular complexity index is 513. The van der Waals surface area contributed by atoms with Gasteiger partial charge < -0.3 is 5.32 Å². The molecule has 7 heteroatoms. The highest BCUT2D eigenvalue weighted by atomic mass is 32.2. The topological polar surface area (TPSA) is 62.3 Å². The van der Waals surface area contributed by atoms with E-state index in [0.717, 1.165) is 30.8 Å². The van der Waals surface area contributed by atoms with Crippen LogP contribution in [0.5, 0.6) is 0 Å². The van der Waals surface area contributed by atoms with Crippen LogP contribution in [0, 0.1) is 6.92 Å². The Morgan fingerprint density at radius 2 is 2.37 bits per heavy atom. The third-order valence-electron chi connectivity index (χ3n) is 3.26. The molecular formula is C12H21N3O2S2. The molecule has 19 heavy (non-hydrogen) atoms. The lowest BCUT2D eigenvalue weighted by Gasteiger charge is -2.32. The summed E-state index contributed by atoms with van der Waals surface area (Å²) >= 11 is 1.25. The van der Waals surface area contributed by atoms with Gasteiger partial charge in [-0.15, -0.1) is 11.3 Å². The smallest absolute Gasteiger partial charge is 0.254 e. The van der Waals surface area contributed by atoms with Crippen LogP contribution in [0.3, 0.4) is 0 Å². The van der Waals surface area contributed by atoms with Crippen molar-refractivity contribution in [2.75, 3.05) is 19.6 Å². The standard InChI is InChI=1S/C12H21N3O2S2/c1-3-6-13-11-5-4-7-15(9-11)19(16,17)12-8-14-10(2)18-12/h8,11,13H,3-7,9H2,1-2H3. The van der Waals surface area contributed by atoms with E-state index in [1.807, 2.05) is 6.92 Å². The quantitative estimate of drug-likeness (QED) is 0.897. The molecule has 0 bridgehead atoms. The van der Waals surface area contributed by atoms with Crippen LogP contribution in [0.15, 0.2) is 10.4 Å². The molecule has 0 amide bonds. The minimum absolute atomic E-state index is 0.275. The number of aryl methyl sites for hydroxylation is 1. The molecule has 1 aliphatic heterocycles. The molecular weight excluding hydrogens is 282 g/mol. The van der Waals surface area contributed by atoms with Gasteiger partial charge >= 0.3 is 0 Å². The number of hydrogen-bond acceptors (Lipinski definition) is 5. The molecule has 108 valence electrons. The van der Waals surface area contributed by atoms with Crippen molar-refractivity contribution in [3.8, 4) is 0 Å². The molecule has 1 unspecified atom stereocenters. The van der Waals surface area contributed by atoms with Gasteiger partial charge in [0.2, 0.25) is 0 Å². The van der Waals surface area contributed by atoms with Gasteiger partial charge in [0, 0.05) is 19.1 Å². The first kappa shape index (κ1) is 14.9. The first-order valence-corrected chi connectivity index (χ1v) is 8.95. The number of rotatable bonds is 5. The number of sulfonamides is 1. The first-order valence-electron chi connectivity index (χ1n) is 6.70. The highest BCUT2D eigenvalue weighted by molar-refractivity contribution is 7.91. The molecule has 0 spiro atoms. The van der Waals surface area contributed by atoms with Gasteiger partial charge in [-0.3, -0.25) is 0 Å². The van der Waals surface area contributed by atoms with Gasteiger partial charge in [-0.25, -0.2) is 13.4 Å². The Morgan fingerprint density at radius 1 is 1.58 bits per heavy atom. The fraction of sp³-hybridized carbons (Fsp3) is 0.750. The average molecular weight is 303 g/mol. The van der Waals surface area contributed by atoms with Crippen LogP contribution in [0.1, 0.15) is 31.2 Å². The van der Waals surface area contributed by atoms with Gasteiger partial charge in [0.25, 0.3) is 10.0 Å². The van der Waals surface area contributed by atoms with Crippen molar-refractivity contribution in [3.63, 3.8) is 0 Å². The van der Waals surface area contributed by atoms with Crippen LogP contribution in [-0.4, -0.2) is 43.4 Å². The van der Waals surface area contributed by atoms with Gasteiger partial charge in [-0.2, -0.15) is 4.31 Å². The maximum Gasteiger partial charge on any atom is 0.254 e. The number of piperidine rings is 1. The highest BCUT2D eigenvalue weighted by Gasteiger charge is 2.31. The van der Waals surface area contributed by atoms with Crippen molar-refractivity contribution in [2.24, 2.45) is 0 Å².